The van der Waals surface area contributed by atoms with Crippen molar-refractivity contribution in [2.75, 3.05) is 27.4 Å². The largest absolute Gasteiger partial charge is 0.507 e. The van der Waals surface area contributed by atoms with Crippen molar-refractivity contribution >= 4 is 17.4 Å². The van der Waals surface area contributed by atoms with E-state index in [0.717, 1.165) is 11.1 Å². The summed E-state index contributed by atoms with van der Waals surface area (Å²) < 4.78 is 16.7. The second-order valence-corrected chi connectivity index (χ2v) is 8.67. The zero-order valence-electron chi connectivity index (χ0n) is 20.7. The third-order valence-electron chi connectivity index (χ3n) is 5.85. The second kappa shape index (κ2) is 10.7. The average Bonchev–Trinajstić information content (AvgIpc) is 3.05. The van der Waals surface area contributed by atoms with Crippen LogP contribution >= 0.6 is 0 Å². The van der Waals surface area contributed by atoms with Gasteiger partial charge in [0, 0.05) is 18.7 Å². The Labute approximate surface area is 200 Å². The Hall–Kier alpha value is -3.32. The van der Waals surface area contributed by atoms with Gasteiger partial charge >= 0.3 is 0 Å². The van der Waals surface area contributed by atoms with Crippen molar-refractivity contribution in [3.63, 3.8) is 0 Å². The first-order chi connectivity index (χ1) is 16.2. The molecule has 1 aliphatic rings. The molecule has 7 heteroatoms. The fourth-order valence-corrected chi connectivity index (χ4v) is 4.43. The number of nitrogens with zero attached hydrogens (tertiary/aromatic N) is 1. The van der Waals surface area contributed by atoms with Gasteiger partial charge in [-0.15, -0.1) is 0 Å². The number of likely N-dealkylation sites (tertiary alicyclic amines) is 1. The van der Waals surface area contributed by atoms with Crippen LogP contribution in [0.15, 0.2) is 42.0 Å². The molecule has 0 spiro atoms. The number of carbonyl (C=O) groups is 2. The van der Waals surface area contributed by atoms with Crippen molar-refractivity contribution < 1.29 is 28.9 Å². The van der Waals surface area contributed by atoms with E-state index in [9.17, 15) is 14.7 Å². The van der Waals surface area contributed by atoms with Crippen molar-refractivity contribution in [1.29, 1.82) is 0 Å². The van der Waals surface area contributed by atoms with Gasteiger partial charge in [0.05, 0.1) is 37.5 Å². The summed E-state index contributed by atoms with van der Waals surface area (Å²) in [5.74, 6) is -0.682. The third-order valence-corrected chi connectivity index (χ3v) is 5.85. The number of hydrogen-bond acceptors (Lipinski definition) is 6. The van der Waals surface area contributed by atoms with Crippen molar-refractivity contribution in [1.82, 2.24) is 4.90 Å². The van der Waals surface area contributed by atoms with E-state index in [4.69, 9.17) is 14.2 Å². The monoisotopic (exact) mass is 467 g/mol. The Kier molecular flexibility index (Phi) is 7.99. The number of carbonyl (C=O) groups excluding carboxylic acids is 2. The molecule has 2 aromatic carbocycles. The molecule has 182 valence electrons. The van der Waals surface area contributed by atoms with E-state index in [-0.39, 0.29) is 17.4 Å². The molecule has 34 heavy (non-hydrogen) atoms. The number of amides is 1. The van der Waals surface area contributed by atoms with Crippen LogP contribution in [0.3, 0.4) is 0 Å². The maximum atomic E-state index is 13.3. The zero-order chi connectivity index (χ0) is 25.0. The van der Waals surface area contributed by atoms with Crippen LogP contribution < -0.4 is 9.47 Å². The van der Waals surface area contributed by atoms with Crippen molar-refractivity contribution in [3.8, 4) is 11.5 Å². The minimum atomic E-state index is -0.805. The molecule has 1 unspecified atom stereocenters. The summed E-state index contributed by atoms with van der Waals surface area (Å²) in [5, 5.41) is 11.5. The van der Waals surface area contributed by atoms with Crippen LogP contribution in [0, 0.1) is 13.8 Å². The van der Waals surface area contributed by atoms with Crippen molar-refractivity contribution in [2.24, 2.45) is 0 Å². The number of hydrogen-bond donors (Lipinski definition) is 1. The Morgan fingerprint density at radius 1 is 1.09 bits per heavy atom. The number of aliphatic hydroxyl groups is 1. The van der Waals surface area contributed by atoms with E-state index in [1.54, 1.807) is 18.2 Å². The van der Waals surface area contributed by atoms with Gasteiger partial charge in [0.15, 0.2) is 0 Å². The molecule has 0 bridgehead atoms. The third kappa shape index (κ3) is 4.94. The summed E-state index contributed by atoms with van der Waals surface area (Å²) in [5.41, 5.74) is 2.73. The molecule has 1 amide bonds. The van der Waals surface area contributed by atoms with Gasteiger partial charge in [0.2, 0.25) is 0 Å². The van der Waals surface area contributed by atoms with Crippen LogP contribution in [0.1, 0.15) is 48.6 Å². The predicted octanol–water partition coefficient (Wildman–Crippen LogP) is 4.56. The Balaban J connectivity index is 2.18. The molecular weight excluding hydrogens is 434 g/mol. The molecule has 0 saturated carbocycles. The lowest BCUT2D eigenvalue weighted by Crippen LogP contribution is -2.31. The minimum absolute atomic E-state index is 0.0163. The Bertz CT molecular complexity index is 1100. The molecular formula is C27H33NO6. The number of para-hydroxylation sites is 1. The molecule has 3 rings (SSSR count). The van der Waals surface area contributed by atoms with Gasteiger partial charge in [-0.2, -0.15) is 0 Å². The van der Waals surface area contributed by atoms with Gasteiger partial charge in [-0.3, -0.25) is 9.59 Å². The van der Waals surface area contributed by atoms with Crippen LogP contribution in [-0.2, 0) is 14.3 Å². The highest BCUT2D eigenvalue weighted by molar-refractivity contribution is 6.46. The SMILES string of the molecule is COc1ccccc1C1/C(=C(\O)c2cc(C)cc(C)c2OC)C(=O)C(=O)N1CCCOC(C)C. The lowest BCUT2D eigenvalue weighted by atomic mass is 9.93. The van der Waals surface area contributed by atoms with Gasteiger partial charge in [-0.25, -0.2) is 0 Å². The summed E-state index contributed by atoms with van der Waals surface area (Å²) in [7, 11) is 3.05. The summed E-state index contributed by atoms with van der Waals surface area (Å²) >= 11 is 0. The zero-order valence-corrected chi connectivity index (χ0v) is 20.7. The molecule has 1 N–H and O–H groups in total. The molecule has 2 aromatic rings. The summed E-state index contributed by atoms with van der Waals surface area (Å²) in [6.07, 6.45) is 0.612. The summed E-state index contributed by atoms with van der Waals surface area (Å²) in [4.78, 5) is 28.0. The van der Waals surface area contributed by atoms with Gasteiger partial charge in [-0.1, -0.05) is 24.3 Å². The molecule has 7 nitrogen and oxygen atoms in total. The van der Waals surface area contributed by atoms with Crippen LogP contribution in [0.2, 0.25) is 0 Å². The maximum absolute atomic E-state index is 13.3. The number of Topliss-reactive ketones (excluding diaryl/α,β-unsaturated/α-hetero) is 1. The Morgan fingerprint density at radius 2 is 1.79 bits per heavy atom. The smallest absolute Gasteiger partial charge is 0.295 e. The number of aryl methyl sites for hydroxylation is 2. The fourth-order valence-electron chi connectivity index (χ4n) is 4.43. The van der Waals surface area contributed by atoms with Crippen LogP contribution in [0.4, 0.5) is 0 Å². The lowest BCUT2D eigenvalue weighted by Gasteiger charge is -2.27. The number of aliphatic hydroxyl groups excluding tert-OH is 1. The fraction of sp³-hybridized carbons (Fsp3) is 0.407. The number of rotatable bonds is 9. The topological polar surface area (TPSA) is 85.3 Å². The molecule has 1 fully saturated rings. The molecule has 1 aliphatic heterocycles. The normalized spacial score (nSPS) is 17.5. The van der Waals surface area contributed by atoms with Gasteiger partial charge < -0.3 is 24.2 Å². The van der Waals surface area contributed by atoms with Crippen LogP contribution in [0.5, 0.6) is 11.5 Å². The molecule has 0 radical (unpaired) electrons. The molecule has 1 atom stereocenters. The van der Waals surface area contributed by atoms with Crippen molar-refractivity contribution in [3.05, 3.63) is 64.2 Å². The van der Waals surface area contributed by atoms with E-state index in [1.165, 1.54) is 19.1 Å². The first kappa shape index (κ1) is 25.3. The molecule has 0 aromatic heterocycles. The Morgan fingerprint density at radius 3 is 2.44 bits per heavy atom. The van der Waals surface area contributed by atoms with Gasteiger partial charge in [-0.05, 0) is 57.4 Å². The summed E-state index contributed by atoms with van der Waals surface area (Å²) in [6, 6.07) is 10.1. The van der Waals surface area contributed by atoms with Crippen LogP contribution in [0.25, 0.3) is 5.76 Å². The van der Waals surface area contributed by atoms with E-state index < -0.39 is 17.7 Å². The second-order valence-electron chi connectivity index (χ2n) is 8.67. The first-order valence-corrected chi connectivity index (χ1v) is 11.4. The standard InChI is InChI=1S/C27H33NO6/c1-16(2)34-13-9-12-28-23(19-10-7-8-11-21(19)32-5)22(25(30)27(28)31)24(29)20-15-17(3)14-18(4)26(20)33-6/h7-8,10-11,14-16,23,29H,9,12-13H2,1-6H3/b24-22+. The van der Waals surface area contributed by atoms with E-state index in [2.05, 4.69) is 0 Å². The van der Waals surface area contributed by atoms with Crippen molar-refractivity contribution in [2.45, 2.75) is 46.3 Å². The number of ether oxygens (including phenoxy) is 3. The van der Waals surface area contributed by atoms with Crippen LogP contribution in [-0.4, -0.2) is 55.2 Å². The quantitative estimate of drug-likeness (QED) is 0.252. The number of methoxy groups -OCH3 is 2. The first-order valence-electron chi connectivity index (χ1n) is 11.4. The molecule has 0 aliphatic carbocycles. The van der Waals surface area contributed by atoms with E-state index in [1.807, 2.05) is 45.9 Å². The average molecular weight is 468 g/mol. The highest BCUT2D eigenvalue weighted by atomic mass is 16.5. The van der Waals surface area contributed by atoms with Gasteiger partial charge in [0.25, 0.3) is 11.7 Å². The lowest BCUT2D eigenvalue weighted by molar-refractivity contribution is -0.140. The highest BCUT2D eigenvalue weighted by Gasteiger charge is 2.47. The summed E-state index contributed by atoms with van der Waals surface area (Å²) in [6.45, 7) is 8.39. The van der Waals surface area contributed by atoms with E-state index >= 15 is 0 Å². The van der Waals surface area contributed by atoms with E-state index in [0.29, 0.717) is 42.2 Å². The number of ketones is 1. The molecule has 1 heterocycles. The maximum Gasteiger partial charge on any atom is 0.295 e. The number of benzene rings is 2. The predicted molar refractivity (Wildman–Crippen MR) is 130 cm³/mol. The van der Waals surface area contributed by atoms with Gasteiger partial charge in [0.1, 0.15) is 17.3 Å². The molecule has 1 saturated heterocycles. The highest BCUT2D eigenvalue weighted by Crippen LogP contribution is 2.44. The minimum Gasteiger partial charge on any atom is -0.507 e.